The second kappa shape index (κ2) is 3.56. The fourth-order valence-corrected chi connectivity index (χ4v) is 3.72. The van der Waals surface area contributed by atoms with E-state index in [0.717, 1.165) is 0 Å². The Bertz CT molecular complexity index is 404. The second-order valence-electron chi connectivity index (χ2n) is 5.49. The molecule has 17 heavy (non-hydrogen) atoms. The van der Waals surface area contributed by atoms with E-state index >= 15 is 0 Å². The summed E-state index contributed by atoms with van der Waals surface area (Å²) >= 11 is 0. The van der Waals surface area contributed by atoms with Gasteiger partial charge in [0.15, 0.2) is 6.17 Å². The molecule has 0 spiro atoms. The Morgan fingerprint density at radius 3 is 2.35 bits per heavy atom. The number of nitrogens with zero attached hydrogens (tertiary/aromatic N) is 4. The van der Waals surface area contributed by atoms with Gasteiger partial charge >= 0.3 is 6.03 Å². The van der Waals surface area contributed by atoms with Gasteiger partial charge in [-0.3, -0.25) is 9.69 Å². The minimum Gasteiger partial charge on any atom is -0.375 e. The summed E-state index contributed by atoms with van der Waals surface area (Å²) in [6, 6.07) is -0.625. The average molecular weight is 254 g/mol. The lowest BCUT2D eigenvalue weighted by atomic mass is 10.1. The fraction of sp³-hybridized carbons (Fsp3) is 0.700. The molecule has 0 aromatic rings. The van der Waals surface area contributed by atoms with E-state index in [2.05, 4.69) is 29.2 Å². The van der Waals surface area contributed by atoms with Crippen LogP contribution in [0.5, 0.6) is 0 Å². The van der Waals surface area contributed by atoms with E-state index in [1.165, 1.54) is 16.8 Å². The lowest BCUT2D eigenvalue weighted by Gasteiger charge is -2.43. The summed E-state index contributed by atoms with van der Waals surface area (Å²) in [7, 11) is 1.56. The van der Waals surface area contributed by atoms with E-state index in [0.29, 0.717) is 0 Å². The summed E-state index contributed by atoms with van der Waals surface area (Å²) in [5.74, 6) is -0.155. The van der Waals surface area contributed by atoms with Crippen molar-refractivity contribution in [2.75, 3.05) is 14.1 Å². The topological polar surface area (TPSA) is 56.2 Å². The van der Waals surface area contributed by atoms with Crippen molar-refractivity contribution in [3.8, 4) is 0 Å². The highest BCUT2D eigenvalue weighted by atomic mass is 28.3. The zero-order chi connectivity index (χ0) is 13.0. The molecule has 0 aromatic carbocycles. The van der Waals surface area contributed by atoms with Crippen molar-refractivity contribution in [2.24, 2.45) is 4.99 Å². The number of amides is 3. The smallest absolute Gasteiger partial charge is 0.328 e. The molecule has 0 aromatic heterocycles. The van der Waals surface area contributed by atoms with Crippen molar-refractivity contribution < 1.29 is 9.59 Å². The third-order valence-corrected chi connectivity index (χ3v) is 5.21. The first kappa shape index (κ1) is 12.1. The minimum absolute atomic E-state index is 0.155. The first-order chi connectivity index (χ1) is 7.75. The summed E-state index contributed by atoms with van der Waals surface area (Å²) in [5.41, 5.74) is 0. The van der Waals surface area contributed by atoms with Crippen LogP contribution in [-0.2, 0) is 4.79 Å². The van der Waals surface area contributed by atoms with E-state index in [1.807, 2.05) is 0 Å². The summed E-state index contributed by atoms with van der Waals surface area (Å²) in [5, 5.41) is 0. The molecule has 3 amide bonds. The number of aliphatic imine (C=N–C) groups is 1. The SMILES string of the molecule is CN1C(=O)C2C(N=CN2[Si](C)(C)C)N(C)C1=O. The first-order valence-electron chi connectivity index (χ1n) is 5.61. The molecule has 0 saturated carbocycles. The van der Waals surface area contributed by atoms with Crippen molar-refractivity contribution in [2.45, 2.75) is 31.8 Å². The van der Waals surface area contributed by atoms with E-state index in [9.17, 15) is 9.59 Å². The monoisotopic (exact) mass is 254 g/mol. The molecule has 7 heteroatoms. The predicted molar refractivity (Wildman–Crippen MR) is 67.2 cm³/mol. The van der Waals surface area contributed by atoms with Crippen LogP contribution in [0.1, 0.15) is 0 Å². The van der Waals surface area contributed by atoms with Gasteiger partial charge in [-0.2, -0.15) is 0 Å². The highest BCUT2D eigenvalue weighted by molar-refractivity contribution is 6.75. The van der Waals surface area contributed by atoms with Crippen LogP contribution in [0.25, 0.3) is 0 Å². The summed E-state index contributed by atoms with van der Waals surface area (Å²) < 4.78 is 2.06. The maximum Gasteiger partial charge on any atom is 0.328 e. The van der Waals surface area contributed by atoms with E-state index in [-0.39, 0.29) is 24.1 Å². The summed E-state index contributed by atoms with van der Waals surface area (Å²) in [6.45, 7) is 6.47. The summed E-state index contributed by atoms with van der Waals surface area (Å²) in [4.78, 5) is 31.0. The van der Waals surface area contributed by atoms with Crippen LogP contribution in [0.2, 0.25) is 19.6 Å². The van der Waals surface area contributed by atoms with Crippen LogP contribution in [0.15, 0.2) is 4.99 Å². The van der Waals surface area contributed by atoms with Gasteiger partial charge < -0.3 is 9.47 Å². The lowest BCUT2D eigenvalue weighted by molar-refractivity contribution is -0.134. The molecule has 0 radical (unpaired) electrons. The molecular formula is C10H18N4O2Si. The number of urea groups is 1. The molecule has 2 rings (SSSR count). The van der Waals surface area contributed by atoms with Crippen LogP contribution in [0.3, 0.4) is 0 Å². The van der Waals surface area contributed by atoms with Gasteiger partial charge in [0.25, 0.3) is 5.91 Å². The van der Waals surface area contributed by atoms with Gasteiger partial charge in [0, 0.05) is 14.1 Å². The molecule has 2 unspecified atom stereocenters. The molecule has 0 N–H and O–H groups in total. The van der Waals surface area contributed by atoms with E-state index in [1.54, 1.807) is 13.4 Å². The van der Waals surface area contributed by atoms with Gasteiger partial charge in [-0.15, -0.1) is 0 Å². The van der Waals surface area contributed by atoms with Gasteiger partial charge in [-0.25, -0.2) is 9.79 Å². The van der Waals surface area contributed by atoms with Gasteiger partial charge in [-0.05, 0) is 0 Å². The number of hydrogen-bond acceptors (Lipinski definition) is 4. The molecule has 2 atom stereocenters. The standard InChI is InChI=1S/C10H18N4O2Si/c1-12-8-7(9(15)13(2)10(12)16)14(6-11-8)17(3,4)5/h6-8H,1-5H3. The van der Waals surface area contributed by atoms with Crippen molar-refractivity contribution in [3.63, 3.8) is 0 Å². The number of carbonyl (C=O) groups excluding carboxylic acids is 2. The highest BCUT2D eigenvalue weighted by Crippen LogP contribution is 2.28. The van der Waals surface area contributed by atoms with Crippen molar-refractivity contribution >= 4 is 26.5 Å². The maximum absolute atomic E-state index is 12.2. The Morgan fingerprint density at radius 2 is 1.82 bits per heavy atom. The molecule has 2 aliphatic heterocycles. The van der Waals surface area contributed by atoms with E-state index < -0.39 is 8.24 Å². The van der Waals surface area contributed by atoms with Gasteiger partial charge in [-0.1, -0.05) is 19.6 Å². The van der Waals surface area contributed by atoms with Crippen molar-refractivity contribution in [3.05, 3.63) is 0 Å². The average Bonchev–Trinajstić information content (AvgIpc) is 2.67. The van der Waals surface area contributed by atoms with Crippen LogP contribution in [0, 0.1) is 0 Å². The summed E-state index contributed by atoms with van der Waals surface area (Å²) in [6.07, 6.45) is 1.38. The quantitative estimate of drug-likeness (QED) is 0.636. The van der Waals surface area contributed by atoms with Gasteiger partial charge in [0.2, 0.25) is 0 Å². The molecule has 2 aliphatic rings. The number of likely N-dealkylation sites (N-methyl/N-ethyl adjacent to an activating group) is 2. The van der Waals surface area contributed by atoms with Crippen molar-refractivity contribution in [1.29, 1.82) is 0 Å². The second-order valence-corrected chi connectivity index (χ2v) is 10.3. The Hall–Kier alpha value is -1.37. The van der Waals surface area contributed by atoms with Crippen LogP contribution < -0.4 is 0 Å². The van der Waals surface area contributed by atoms with Crippen LogP contribution in [-0.4, -0.2) is 67.2 Å². The molecule has 6 nitrogen and oxygen atoms in total. The van der Waals surface area contributed by atoms with E-state index in [4.69, 9.17) is 0 Å². The number of hydrogen-bond donors (Lipinski definition) is 0. The largest absolute Gasteiger partial charge is 0.375 e. The maximum atomic E-state index is 12.2. The molecule has 0 bridgehead atoms. The van der Waals surface area contributed by atoms with Gasteiger partial charge in [0.1, 0.15) is 14.3 Å². The predicted octanol–water partition coefficient (Wildman–Crippen LogP) is 0.384. The molecule has 1 fully saturated rings. The Labute approximate surface area is 102 Å². The normalized spacial score (nSPS) is 29.1. The van der Waals surface area contributed by atoms with Gasteiger partial charge in [0.05, 0.1) is 6.34 Å². The fourth-order valence-electron chi connectivity index (χ4n) is 2.23. The molecular weight excluding hydrogens is 236 g/mol. The Morgan fingerprint density at radius 1 is 1.24 bits per heavy atom. The van der Waals surface area contributed by atoms with Crippen LogP contribution in [0.4, 0.5) is 4.79 Å². The van der Waals surface area contributed by atoms with Crippen LogP contribution >= 0.6 is 0 Å². The molecule has 1 saturated heterocycles. The molecule has 2 heterocycles. The highest BCUT2D eigenvalue weighted by Gasteiger charge is 2.50. The zero-order valence-corrected chi connectivity index (χ0v) is 11.8. The zero-order valence-electron chi connectivity index (χ0n) is 10.8. The van der Waals surface area contributed by atoms with Crippen molar-refractivity contribution in [1.82, 2.24) is 14.4 Å². The Balaban J connectivity index is 2.37. The Kier molecular flexibility index (Phi) is 2.53. The number of fused-ring (bicyclic) bond motifs is 1. The first-order valence-corrected chi connectivity index (χ1v) is 9.06. The third-order valence-electron chi connectivity index (χ3n) is 3.27. The number of rotatable bonds is 1. The molecule has 0 aliphatic carbocycles. The number of carbonyl (C=O) groups is 2. The lowest BCUT2D eigenvalue weighted by Crippen LogP contribution is -2.66. The molecule has 94 valence electrons. The number of imide groups is 1. The minimum atomic E-state index is -1.66. The third kappa shape index (κ3) is 1.65.